The Balaban J connectivity index is 1.43. The molecule has 0 aliphatic carbocycles. The van der Waals surface area contributed by atoms with E-state index in [1.807, 2.05) is 6.92 Å². The number of amides is 1. The Bertz CT molecular complexity index is 1270. The first kappa shape index (κ1) is 19.3. The molecule has 3 aromatic heterocycles. The van der Waals surface area contributed by atoms with E-state index in [1.165, 1.54) is 30.6 Å². The number of nitrogens with zero attached hydrogens (tertiary/aromatic N) is 5. The van der Waals surface area contributed by atoms with Gasteiger partial charge in [0.2, 0.25) is 17.7 Å². The van der Waals surface area contributed by atoms with E-state index < -0.39 is 11.4 Å². The second-order valence-corrected chi connectivity index (χ2v) is 7.94. The molecule has 10 heteroatoms. The molecule has 4 heterocycles. The van der Waals surface area contributed by atoms with E-state index in [1.54, 1.807) is 11.0 Å². The van der Waals surface area contributed by atoms with E-state index in [9.17, 15) is 13.6 Å². The van der Waals surface area contributed by atoms with Gasteiger partial charge in [-0.05, 0) is 44.0 Å². The molecule has 1 aliphatic heterocycles. The SMILES string of the molecule is C[C@@]1(c2nc(-c3ccc(F)c4cn[nH]c34)no2)CCCN(C(=O)c2ccc(F)nc2)C1. The number of piperidine rings is 1. The summed E-state index contributed by atoms with van der Waals surface area (Å²) in [6.45, 7) is 2.90. The van der Waals surface area contributed by atoms with Crippen LogP contribution >= 0.6 is 0 Å². The van der Waals surface area contributed by atoms with Crippen molar-refractivity contribution in [1.82, 2.24) is 30.2 Å². The molecule has 1 aliphatic rings. The van der Waals surface area contributed by atoms with Crippen LogP contribution in [0.1, 0.15) is 36.0 Å². The second kappa shape index (κ2) is 7.22. The standard InChI is InChI=1S/C21H18F2N6O2/c1-21(7-2-8-29(11-21)19(30)12-3-6-16(23)24-9-12)20-26-18(28-31-20)13-4-5-15(22)14-10-25-27-17(13)14/h3-6,9-10H,2,7-8,11H2,1H3,(H,25,27)/t21-/m1/s1. The van der Waals surface area contributed by atoms with Gasteiger partial charge in [-0.1, -0.05) is 5.16 Å². The van der Waals surface area contributed by atoms with Gasteiger partial charge in [-0.15, -0.1) is 0 Å². The number of aromatic nitrogens is 5. The summed E-state index contributed by atoms with van der Waals surface area (Å²) >= 11 is 0. The third-order valence-electron chi connectivity index (χ3n) is 5.70. The molecule has 158 valence electrons. The second-order valence-electron chi connectivity index (χ2n) is 7.94. The first-order valence-electron chi connectivity index (χ1n) is 9.82. The molecule has 1 N–H and O–H groups in total. The van der Waals surface area contributed by atoms with Gasteiger partial charge in [0.15, 0.2) is 0 Å². The number of carbonyl (C=O) groups is 1. The number of benzene rings is 1. The fourth-order valence-electron chi connectivity index (χ4n) is 4.04. The lowest BCUT2D eigenvalue weighted by atomic mass is 9.81. The number of carbonyl (C=O) groups excluding carboxylic acids is 1. The molecule has 0 bridgehead atoms. The number of H-pyrrole nitrogens is 1. The molecular formula is C21H18F2N6O2. The van der Waals surface area contributed by atoms with Crippen LogP contribution in [0.25, 0.3) is 22.3 Å². The summed E-state index contributed by atoms with van der Waals surface area (Å²) in [5.74, 6) is -0.535. The van der Waals surface area contributed by atoms with Gasteiger partial charge >= 0.3 is 0 Å². The van der Waals surface area contributed by atoms with E-state index >= 15 is 0 Å². The van der Waals surface area contributed by atoms with Gasteiger partial charge in [0, 0.05) is 24.8 Å². The molecule has 8 nitrogen and oxygen atoms in total. The van der Waals surface area contributed by atoms with E-state index in [-0.39, 0.29) is 11.7 Å². The zero-order chi connectivity index (χ0) is 21.6. The van der Waals surface area contributed by atoms with Crippen LogP contribution in [0.5, 0.6) is 0 Å². The molecule has 1 fully saturated rings. The van der Waals surface area contributed by atoms with Crippen LogP contribution in [0.4, 0.5) is 8.78 Å². The highest BCUT2D eigenvalue weighted by molar-refractivity contribution is 5.94. The third-order valence-corrected chi connectivity index (χ3v) is 5.70. The zero-order valence-electron chi connectivity index (χ0n) is 16.6. The van der Waals surface area contributed by atoms with Crippen molar-refractivity contribution in [3.8, 4) is 11.4 Å². The molecule has 1 saturated heterocycles. The number of halogens is 2. The summed E-state index contributed by atoms with van der Waals surface area (Å²) in [6.07, 6.45) is 4.14. The minimum atomic E-state index is -0.634. The molecule has 5 rings (SSSR count). The predicted molar refractivity (Wildman–Crippen MR) is 106 cm³/mol. The van der Waals surface area contributed by atoms with Gasteiger partial charge in [0.05, 0.1) is 28.1 Å². The van der Waals surface area contributed by atoms with Crippen molar-refractivity contribution in [3.63, 3.8) is 0 Å². The molecule has 4 aromatic rings. The highest BCUT2D eigenvalue weighted by Crippen LogP contribution is 2.35. The van der Waals surface area contributed by atoms with Crippen molar-refractivity contribution < 1.29 is 18.1 Å². The Morgan fingerprint density at radius 2 is 2.10 bits per heavy atom. The number of aromatic amines is 1. The molecular weight excluding hydrogens is 406 g/mol. The van der Waals surface area contributed by atoms with Crippen LogP contribution in [0.15, 0.2) is 41.2 Å². The Labute approximate surface area is 175 Å². The van der Waals surface area contributed by atoms with Gasteiger partial charge in [-0.2, -0.15) is 14.5 Å². The lowest BCUT2D eigenvalue weighted by molar-refractivity contribution is 0.0619. The number of pyridine rings is 1. The third kappa shape index (κ3) is 3.33. The number of rotatable bonds is 3. The van der Waals surface area contributed by atoms with Gasteiger partial charge in [0.25, 0.3) is 5.91 Å². The summed E-state index contributed by atoms with van der Waals surface area (Å²) in [6, 6.07) is 5.50. The minimum absolute atomic E-state index is 0.226. The molecule has 31 heavy (non-hydrogen) atoms. The van der Waals surface area contributed by atoms with Crippen LogP contribution in [0.2, 0.25) is 0 Å². The molecule has 0 unspecified atom stereocenters. The Morgan fingerprint density at radius 1 is 1.23 bits per heavy atom. The first-order valence-corrected chi connectivity index (χ1v) is 9.82. The summed E-state index contributed by atoms with van der Waals surface area (Å²) < 4.78 is 32.6. The Kier molecular flexibility index (Phi) is 4.49. The van der Waals surface area contributed by atoms with Crippen LogP contribution in [-0.2, 0) is 5.41 Å². The van der Waals surface area contributed by atoms with E-state index in [0.29, 0.717) is 46.8 Å². The summed E-state index contributed by atoms with van der Waals surface area (Å²) in [5.41, 5.74) is 0.833. The van der Waals surface area contributed by atoms with E-state index in [0.717, 1.165) is 12.8 Å². The number of nitrogens with one attached hydrogen (secondary N) is 1. The van der Waals surface area contributed by atoms with Crippen LogP contribution < -0.4 is 0 Å². The minimum Gasteiger partial charge on any atom is -0.338 e. The lowest BCUT2D eigenvalue weighted by Crippen LogP contribution is -2.47. The van der Waals surface area contributed by atoms with Crippen LogP contribution in [-0.4, -0.2) is 49.2 Å². The van der Waals surface area contributed by atoms with Gasteiger partial charge in [-0.3, -0.25) is 9.89 Å². The van der Waals surface area contributed by atoms with E-state index in [4.69, 9.17) is 4.52 Å². The van der Waals surface area contributed by atoms with Crippen molar-refractivity contribution in [2.45, 2.75) is 25.2 Å². The molecule has 0 radical (unpaired) electrons. The smallest absolute Gasteiger partial charge is 0.255 e. The van der Waals surface area contributed by atoms with Crippen molar-refractivity contribution >= 4 is 16.8 Å². The van der Waals surface area contributed by atoms with E-state index in [2.05, 4.69) is 25.3 Å². The van der Waals surface area contributed by atoms with Gasteiger partial charge < -0.3 is 9.42 Å². The summed E-state index contributed by atoms with van der Waals surface area (Å²) in [4.78, 5) is 22.7. The van der Waals surface area contributed by atoms with Crippen molar-refractivity contribution in [2.24, 2.45) is 0 Å². The summed E-state index contributed by atoms with van der Waals surface area (Å²) in [7, 11) is 0. The molecule has 1 amide bonds. The number of hydrogen-bond donors (Lipinski definition) is 1. The maximum Gasteiger partial charge on any atom is 0.255 e. The predicted octanol–water partition coefficient (Wildman–Crippen LogP) is 3.48. The maximum atomic E-state index is 14.0. The Morgan fingerprint density at radius 3 is 2.90 bits per heavy atom. The number of likely N-dealkylation sites (tertiary alicyclic amines) is 1. The van der Waals surface area contributed by atoms with Gasteiger partial charge in [0.1, 0.15) is 5.82 Å². The molecule has 0 spiro atoms. The monoisotopic (exact) mass is 424 g/mol. The highest BCUT2D eigenvalue weighted by Gasteiger charge is 2.39. The average Bonchev–Trinajstić information content (AvgIpc) is 3.45. The average molecular weight is 424 g/mol. The topological polar surface area (TPSA) is 101 Å². The quantitative estimate of drug-likeness (QED) is 0.506. The van der Waals surface area contributed by atoms with Crippen molar-refractivity contribution in [2.75, 3.05) is 13.1 Å². The first-order chi connectivity index (χ1) is 14.9. The van der Waals surface area contributed by atoms with Crippen LogP contribution in [0.3, 0.4) is 0 Å². The van der Waals surface area contributed by atoms with Crippen LogP contribution in [0, 0.1) is 11.8 Å². The number of hydrogen-bond acceptors (Lipinski definition) is 6. The maximum absolute atomic E-state index is 14.0. The van der Waals surface area contributed by atoms with Crippen molar-refractivity contribution in [3.05, 3.63) is 59.9 Å². The van der Waals surface area contributed by atoms with Gasteiger partial charge in [-0.25, -0.2) is 9.37 Å². The zero-order valence-corrected chi connectivity index (χ0v) is 16.6. The lowest BCUT2D eigenvalue weighted by Gasteiger charge is -2.38. The van der Waals surface area contributed by atoms with Crippen molar-refractivity contribution in [1.29, 1.82) is 0 Å². The Hall–Kier alpha value is -3.69. The number of fused-ring (bicyclic) bond motifs is 1. The highest BCUT2D eigenvalue weighted by atomic mass is 19.1. The molecule has 0 saturated carbocycles. The largest absolute Gasteiger partial charge is 0.338 e. The molecule has 1 atom stereocenters. The normalized spacial score (nSPS) is 19.1. The molecule has 1 aromatic carbocycles. The fraction of sp³-hybridized carbons (Fsp3) is 0.286. The summed E-state index contributed by atoms with van der Waals surface area (Å²) in [5, 5.41) is 11.1. The fourth-order valence-corrected chi connectivity index (χ4v) is 4.04.